The third kappa shape index (κ3) is 6.19. The predicted octanol–water partition coefficient (Wildman–Crippen LogP) is 4.40. The monoisotopic (exact) mass is 612 g/mol. The fourth-order valence-corrected chi connectivity index (χ4v) is 5.68. The maximum absolute atomic E-state index is 12.2. The maximum Gasteiger partial charge on any atom is 1.00 e. The average Bonchev–Trinajstić information content (AvgIpc) is 2.97. The molecule has 0 saturated heterocycles. The Morgan fingerprint density at radius 2 is 1.59 bits per heavy atom. The van der Waals surface area contributed by atoms with Crippen molar-refractivity contribution in [2.45, 2.75) is 18.7 Å². The first-order chi connectivity index (χ1) is 20.6. The molecule has 1 aliphatic carbocycles. The van der Waals surface area contributed by atoms with Gasteiger partial charge in [0.05, 0.1) is 21.5 Å². The van der Waals surface area contributed by atoms with Crippen LogP contribution in [0.15, 0.2) is 117 Å². The zero-order valence-corrected chi connectivity index (χ0v) is 27.0. The van der Waals surface area contributed by atoms with Crippen LogP contribution in [0.3, 0.4) is 0 Å². The molecular formula is C34H25N2NaO6S. The predicted molar refractivity (Wildman–Crippen MR) is 164 cm³/mol. The Morgan fingerprint density at radius 3 is 2.32 bits per heavy atom. The zero-order valence-electron chi connectivity index (χ0n) is 24.2. The summed E-state index contributed by atoms with van der Waals surface area (Å²) in [5.74, 6) is -0.561. The smallest absolute Gasteiger partial charge is 0.744 e. The minimum Gasteiger partial charge on any atom is -0.744 e. The van der Waals surface area contributed by atoms with Crippen molar-refractivity contribution in [1.82, 2.24) is 0 Å². The topological polar surface area (TPSA) is 132 Å². The van der Waals surface area contributed by atoms with Crippen molar-refractivity contribution in [3.8, 4) is 22.5 Å². The van der Waals surface area contributed by atoms with Gasteiger partial charge in [0, 0.05) is 40.0 Å². The zero-order chi connectivity index (χ0) is 30.3. The molecule has 0 atom stereocenters. The number of carbonyl (C=O) groups is 1. The SMILES string of the molecule is Cc1cc(S(=O)(=O)[O-])ccc1/N=c1\ccc2c(-c3ccccc3C(=O)O)c3ccc(Nc4ccccc4C)cc3oc-2c1.[Na+]. The Labute approximate surface area is 276 Å². The number of carboxylic acid groups (broad SMARTS) is 1. The molecule has 8 nitrogen and oxygen atoms in total. The summed E-state index contributed by atoms with van der Waals surface area (Å²) in [6.45, 7) is 3.69. The summed E-state index contributed by atoms with van der Waals surface area (Å²) in [6, 6.07) is 29.9. The van der Waals surface area contributed by atoms with Gasteiger partial charge in [-0.05, 0) is 85.1 Å². The third-order valence-electron chi connectivity index (χ3n) is 7.26. The summed E-state index contributed by atoms with van der Waals surface area (Å²) >= 11 is 0. The van der Waals surface area contributed by atoms with Crippen LogP contribution in [0.2, 0.25) is 0 Å². The van der Waals surface area contributed by atoms with Gasteiger partial charge in [-0.2, -0.15) is 0 Å². The van der Waals surface area contributed by atoms with E-state index in [4.69, 9.17) is 4.42 Å². The van der Waals surface area contributed by atoms with Crippen LogP contribution in [0, 0.1) is 13.8 Å². The number of benzene rings is 5. The number of nitrogens with zero attached hydrogens (tertiary/aromatic N) is 1. The van der Waals surface area contributed by atoms with Crippen molar-refractivity contribution in [2.24, 2.45) is 4.99 Å². The van der Waals surface area contributed by atoms with E-state index in [1.165, 1.54) is 18.2 Å². The third-order valence-corrected chi connectivity index (χ3v) is 8.09. The van der Waals surface area contributed by atoms with Crippen LogP contribution >= 0.6 is 0 Å². The molecule has 0 bridgehead atoms. The number of para-hydroxylation sites is 1. The van der Waals surface area contributed by atoms with Crippen molar-refractivity contribution in [3.05, 3.63) is 125 Å². The van der Waals surface area contributed by atoms with E-state index >= 15 is 0 Å². The first-order valence-electron chi connectivity index (χ1n) is 13.4. The second-order valence-corrected chi connectivity index (χ2v) is 11.6. The van der Waals surface area contributed by atoms with Crippen LogP contribution in [0.4, 0.5) is 17.1 Å². The minimum absolute atomic E-state index is 0. The van der Waals surface area contributed by atoms with E-state index in [-0.39, 0.29) is 40.0 Å². The molecule has 1 heterocycles. The standard InChI is InChI=1S/C34H26N2O6S.Na/c1-20-7-3-6-10-29(20)35-22-11-14-27-31(18-22)42-32-19-23(36-30-16-13-24(17-21(30)2)43(39,40)41)12-15-28(32)33(27)25-8-4-5-9-26(25)34(37)38;/h3-19,35H,1-2H3,(H,37,38)(H,39,40,41);/q;+1/p-1/b36-23+;. The van der Waals surface area contributed by atoms with Crippen molar-refractivity contribution in [3.63, 3.8) is 0 Å². The summed E-state index contributed by atoms with van der Waals surface area (Å²) in [4.78, 5) is 16.6. The van der Waals surface area contributed by atoms with E-state index in [0.717, 1.165) is 22.3 Å². The van der Waals surface area contributed by atoms with Gasteiger partial charge >= 0.3 is 35.5 Å². The van der Waals surface area contributed by atoms with Gasteiger partial charge < -0.3 is 19.4 Å². The van der Waals surface area contributed by atoms with Crippen molar-refractivity contribution in [1.29, 1.82) is 0 Å². The van der Waals surface area contributed by atoms with E-state index < -0.39 is 16.1 Å². The molecule has 4 aromatic rings. The van der Waals surface area contributed by atoms with Crippen LogP contribution in [0.5, 0.6) is 0 Å². The van der Waals surface area contributed by atoms with E-state index in [0.29, 0.717) is 44.6 Å². The molecule has 0 aromatic heterocycles. The van der Waals surface area contributed by atoms with Gasteiger partial charge in [0.15, 0.2) is 0 Å². The van der Waals surface area contributed by atoms with Crippen LogP contribution in [-0.4, -0.2) is 24.0 Å². The molecule has 2 aliphatic rings. The molecule has 0 radical (unpaired) electrons. The number of hydrogen-bond acceptors (Lipinski definition) is 7. The van der Waals surface area contributed by atoms with Gasteiger partial charge in [-0.25, -0.2) is 18.2 Å². The van der Waals surface area contributed by atoms with Crippen molar-refractivity contribution >= 4 is 44.1 Å². The summed E-state index contributed by atoms with van der Waals surface area (Å²) in [7, 11) is -4.59. The Morgan fingerprint density at radius 1 is 0.841 bits per heavy atom. The summed E-state index contributed by atoms with van der Waals surface area (Å²) < 4.78 is 40.7. The molecule has 1 aliphatic heterocycles. The minimum atomic E-state index is -4.59. The van der Waals surface area contributed by atoms with Crippen LogP contribution in [0.1, 0.15) is 21.5 Å². The molecule has 0 saturated carbocycles. The number of carboxylic acids is 1. The van der Waals surface area contributed by atoms with Gasteiger partial charge in [-0.15, -0.1) is 0 Å². The second kappa shape index (κ2) is 12.4. The Hall–Kier alpha value is -4.25. The molecule has 44 heavy (non-hydrogen) atoms. The molecule has 0 unspecified atom stereocenters. The van der Waals surface area contributed by atoms with Crippen molar-refractivity contribution < 1.29 is 56.8 Å². The number of aromatic carboxylic acids is 1. The molecule has 214 valence electrons. The van der Waals surface area contributed by atoms with E-state index in [1.54, 1.807) is 43.3 Å². The first kappa shape index (κ1) is 31.2. The van der Waals surface area contributed by atoms with E-state index in [9.17, 15) is 22.9 Å². The number of fused-ring (bicyclic) bond motifs is 2. The number of rotatable bonds is 6. The van der Waals surface area contributed by atoms with Gasteiger partial charge in [0.1, 0.15) is 21.5 Å². The average molecular weight is 613 g/mol. The molecule has 0 spiro atoms. The normalized spacial score (nSPS) is 11.8. The van der Waals surface area contributed by atoms with Crippen LogP contribution in [0.25, 0.3) is 33.4 Å². The van der Waals surface area contributed by atoms with Crippen LogP contribution in [-0.2, 0) is 10.1 Å². The largest absolute Gasteiger partial charge is 1.00 e. The molecule has 0 fully saturated rings. The summed E-state index contributed by atoms with van der Waals surface area (Å²) in [5, 5.41) is 14.7. The Balaban J connectivity index is 0.00000384. The van der Waals surface area contributed by atoms with Gasteiger partial charge in [0.2, 0.25) is 0 Å². The molecule has 10 heteroatoms. The molecule has 2 N–H and O–H groups in total. The number of hydrogen-bond donors (Lipinski definition) is 2. The Kier molecular flexibility index (Phi) is 8.78. The fraction of sp³-hybridized carbons (Fsp3) is 0.0588. The molecular weight excluding hydrogens is 587 g/mol. The fourth-order valence-electron chi connectivity index (χ4n) is 5.12. The maximum atomic E-state index is 12.2. The first-order valence-corrected chi connectivity index (χ1v) is 14.8. The van der Waals surface area contributed by atoms with Gasteiger partial charge in [0.25, 0.3) is 0 Å². The second-order valence-electron chi connectivity index (χ2n) is 10.2. The van der Waals surface area contributed by atoms with Gasteiger partial charge in [-0.1, -0.05) is 36.4 Å². The molecule has 0 amide bonds. The van der Waals surface area contributed by atoms with Crippen LogP contribution < -0.4 is 40.2 Å². The number of anilines is 2. The van der Waals surface area contributed by atoms with Gasteiger partial charge in [-0.3, -0.25) is 0 Å². The van der Waals surface area contributed by atoms with Crippen molar-refractivity contribution in [2.75, 3.05) is 5.32 Å². The molecule has 4 aromatic carbocycles. The number of nitrogens with one attached hydrogen (secondary N) is 1. The quantitative estimate of drug-likeness (QED) is 0.162. The Bertz CT molecular complexity index is 2210. The summed E-state index contributed by atoms with van der Waals surface area (Å²) in [6.07, 6.45) is 0. The molecule has 6 rings (SSSR count). The number of aryl methyl sites for hydroxylation is 2. The van der Waals surface area contributed by atoms with E-state index in [2.05, 4.69) is 10.3 Å². The van der Waals surface area contributed by atoms with E-state index in [1.807, 2.05) is 55.5 Å². The summed E-state index contributed by atoms with van der Waals surface area (Å²) in [5.41, 5.74) is 6.51.